The smallest absolute Gasteiger partial charge is 0.118 e. The van der Waals surface area contributed by atoms with Crippen LogP contribution in [0.15, 0.2) is 72.8 Å². The minimum Gasteiger partial charge on any atom is -0.497 e. The summed E-state index contributed by atoms with van der Waals surface area (Å²) in [5, 5.41) is 0. The molecule has 0 saturated heterocycles. The predicted octanol–water partition coefficient (Wildman–Crippen LogP) is 5.90. The first-order chi connectivity index (χ1) is 11.7. The SMILES string of the molecule is COc1ccc(C=C(c2ccc(C)cc2)c2ccc(C)cc2)cc1. The van der Waals surface area contributed by atoms with Gasteiger partial charge in [-0.2, -0.15) is 0 Å². The van der Waals surface area contributed by atoms with Crippen LogP contribution in [0.1, 0.15) is 27.8 Å². The first-order valence-electron chi connectivity index (χ1n) is 8.15. The Balaban J connectivity index is 2.07. The first kappa shape index (κ1) is 16.1. The molecule has 0 aliphatic carbocycles. The molecule has 24 heavy (non-hydrogen) atoms. The molecular formula is C23H22O. The fourth-order valence-corrected chi connectivity index (χ4v) is 2.67. The molecule has 1 heteroatoms. The Labute approximate surface area is 144 Å². The second-order valence-corrected chi connectivity index (χ2v) is 6.06. The van der Waals surface area contributed by atoms with E-state index in [-0.39, 0.29) is 0 Å². The Morgan fingerprint density at radius 3 is 1.54 bits per heavy atom. The largest absolute Gasteiger partial charge is 0.497 e. The standard InChI is InChI=1S/C23H22O/c1-17-4-10-20(11-5-17)23(21-12-6-18(2)7-13-21)16-19-8-14-22(24-3)15-9-19/h4-16H,1-3H3. The van der Waals surface area contributed by atoms with Gasteiger partial charge in [0.2, 0.25) is 0 Å². The summed E-state index contributed by atoms with van der Waals surface area (Å²) in [5.41, 5.74) is 7.37. The van der Waals surface area contributed by atoms with Gasteiger partial charge in [-0.15, -0.1) is 0 Å². The molecule has 3 rings (SSSR count). The van der Waals surface area contributed by atoms with E-state index in [9.17, 15) is 0 Å². The summed E-state index contributed by atoms with van der Waals surface area (Å²) in [6, 6.07) is 25.5. The summed E-state index contributed by atoms with van der Waals surface area (Å²) in [7, 11) is 1.69. The minimum atomic E-state index is 0.874. The molecule has 0 saturated carbocycles. The van der Waals surface area contributed by atoms with Crippen molar-refractivity contribution in [3.63, 3.8) is 0 Å². The summed E-state index contributed by atoms with van der Waals surface area (Å²) in [6.07, 6.45) is 2.23. The molecule has 0 unspecified atom stereocenters. The van der Waals surface area contributed by atoms with E-state index < -0.39 is 0 Å². The van der Waals surface area contributed by atoms with Crippen LogP contribution in [0.5, 0.6) is 5.75 Å². The van der Waals surface area contributed by atoms with Crippen molar-refractivity contribution in [1.82, 2.24) is 0 Å². The summed E-state index contributed by atoms with van der Waals surface area (Å²) in [4.78, 5) is 0. The summed E-state index contributed by atoms with van der Waals surface area (Å²) in [5.74, 6) is 0.874. The third kappa shape index (κ3) is 3.75. The van der Waals surface area contributed by atoms with Gasteiger partial charge in [0.15, 0.2) is 0 Å². The van der Waals surface area contributed by atoms with Gasteiger partial charge < -0.3 is 4.74 Å². The zero-order valence-corrected chi connectivity index (χ0v) is 14.4. The van der Waals surface area contributed by atoms with Gasteiger partial charge in [-0.25, -0.2) is 0 Å². The number of benzene rings is 3. The highest BCUT2D eigenvalue weighted by Crippen LogP contribution is 2.27. The number of rotatable bonds is 4. The van der Waals surface area contributed by atoms with Crippen LogP contribution in [-0.4, -0.2) is 7.11 Å². The van der Waals surface area contributed by atoms with Crippen molar-refractivity contribution in [2.75, 3.05) is 7.11 Å². The van der Waals surface area contributed by atoms with E-state index in [1.165, 1.54) is 27.8 Å². The lowest BCUT2D eigenvalue weighted by atomic mass is 9.94. The molecule has 0 radical (unpaired) electrons. The molecule has 3 aromatic rings. The number of hydrogen-bond acceptors (Lipinski definition) is 1. The van der Waals surface area contributed by atoms with Crippen LogP contribution in [0.4, 0.5) is 0 Å². The Morgan fingerprint density at radius 1 is 0.667 bits per heavy atom. The number of methoxy groups -OCH3 is 1. The highest BCUT2D eigenvalue weighted by atomic mass is 16.5. The van der Waals surface area contributed by atoms with Crippen molar-refractivity contribution in [3.8, 4) is 5.75 Å². The molecule has 0 aromatic heterocycles. The molecule has 0 amide bonds. The average Bonchev–Trinajstić information content (AvgIpc) is 2.62. The van der Waals surface area contributed by atoms with Gasteiger partial charge in [0.25, 0.3) is 0 Å². The lowest BCUT2D eigenvalue weighted by Gasteiger charge is -2.10. The van der Waals surface area contributed by atoms with Crippen molar-refractivity contribution in [3.05, 3.63) is 101 Å². The van der Waals surface area contributed by atoms with Crippen molar-refractivity contribution in [1.29, 1.82) is 0 Å². The monoisotopic (exact) mass is 314 g/mol. The lowest BCUT2D eigenvalue weighted by molar-refractivity contribution is 0.415. The molecule has 0 fully saturated rings. The van der Waals surface area contributed by atoms with Gasteiger partial charge in [-0.3, -0.25) is 0 Å². The molecule has 0 atom stereocenters. The molecule has 0 spiro atoms. The maximum Gasteiger partial charge on any atom is 0.118 e. The van der Waals surface area contributed by atoms with E-state index in [1.54, 1.807) is 7.11 Å². The van der Waals surface area contributed by atoms with Gasteiger partial charge >= 0.3 is 0 Å². The van der Waals surface area contributed by atoms with Gasteiger partial charge in [-0.1, -0.05) is 71.8 Å². The van der Waals surface area contributed by atoms with E-state index in [0.29, 0.717) is 0 Å². The van der Waals surface area contributed by atoms with Crippen LogP contribution >= 0.6 is 0 Å². The lowest BCUT2D eigenvalue weighted by Crippen LogP contribution is -1.90. The normalized spacial score (nSPS) is 10.3. The van der Waals surface area contributed by atoms with Crippen LogP contribution in [-0.2, 0) is 0 Å². The minimum absolute atomic E-state index is 0.874. The fourth-order valence-electron chi connectivity index (χ4n) is 2.67. The van der Waals surface area contributed by atoms with Gasteiger partial charge in [0.1, 0.15) is 5.75 Å². The van der Waals surface area contributed by atoms with Crippen LogP contribution in [0.3, 0.4) is 0 Å². The van der Waals surface area contributed by atoms with E-state index in [4.69, 9.17) is 4.74 Å². The van der Waals surface area contributed by atoms with Crippen molar-refractivity contribution in [2.24, 2.45) is 0 Å². The fraction of sp³-hybridized carbons (Fsp3) is 0.130. The summed E-state index contributed by atoms with van der Waals surface area (Å²) >= 11 is 0. The first-order valence-corrected chi connectivity index (χ1v) is 8.15. The van der Waals surface area contributed by atoms with E-state index in [0.717, 1.165) is 11.3 Å². The molecule has 120 valence electrons. The molecule has 0 N–H and O–H groups in total. The maximum atomic E-state index is 5.25. The van der Waals surface area contributed by atoms with Crippen molar-refractivity contribution in [2.45, 2.75) is 13.8 Å². The molecule has 0 heterocycles. The van der Waals surface area contributed by atoms with E-state index in [1.807, 2.05) is 12.1 Å². The van der Waals surface area contributed by atoms with Crippen LogP contribution in [0.25, 0.3) is 11.6 Å². The zero-order valence-electron chi connectivity index (χ0n) is 14.4. The highest BCUT2D eigenvalue weighted by Gasteiger charge is 2.06. The van der Waals surface area contributed by atoms with Gasteiger partial charge in [0.05, 0.1) is 7.11 Å². The Bertz CT molecular complexity index is 775. The summed E-state index contributed by atoms with van der Waals surface area (Å²) < 4.78 is 5.25. The van der Waals surface area contributed by atoms with Gasteiger partial charge in [0, 0.05) is 0 Å². The Morgan fingerprint density at radius 2 is 1.12 bits per heavy atom. The second-order valence-electron chi connectivity index (χ2n) is 6.06. The average molecular weight is 314 g/mol. The van der Waals surface area contributed by atoms with Crippen molar-refractivity contribution < 1.29 is 4.74 Å². The molecule has 3 aromatic carbocycles. The third-order valence-electron chi connectivity index (χ3n) is 4.15. The number of aryl methyl sites for hydroxylation is 2. The van der Waals surface area contributed by atoms with E-state index >= 15 is 0 Å². The van der Waals surface area contributed by atoms with Crippen molar-refractivity contribution >= 4 is 11.6 Å². The van der Waals surface area contributed by atoms with Crippen LogP contribution < -0.4 is 4.74 Å². The molecule has 0 aliphatic rings. The molecular weight excluding hydrogens is 292 g/mol. The third-order valence-corrected chi connectivity index (χ3v) is 4.15. The zero-order chi connectivity index (χ0) is 16.9. The maximum absolute atomic E-state index is 5.25. The predicted molar refractivity (Wildman–Crippen MR) is 102 cm³/mol. The number of hydrogen-bond donors (Lipinski definition) is 0. The quantitative estimate of drug-likeness (QED) is 0.545. The topological polar surface area (TPSA) is 9.23 Å². The summed E-state index contributed by atoms with van der Waals surface area (Å²) in [6.45, 7) is 4.23. The molecule has 1 nitrogen and oxygen atoms in total. The number of ether oxygens (including phenoxy) is 1. The Hall–Kier alpha value is -2.80. The van der Waals surface area contributed by atoms with Crippen LogP contribution in [0.2, 0.25) is 0 Å². The second kappa shape index (κ2) is 7.18. The highest BCUT2D eigenvalue weighted by molar-refractivity contribution is 5.91. The Kier molecular flexibility index (Phi) is 4.81. The molecule has 0 aliphatic heterocycles. The van der Waals surface area contributed by atoms with Crippen LogP contribution in [0, 0.1) is 13.8 Å². The van der Waals surface area contributed by atoms with Gasteiger partial charge in [-0.05, 0) is 54.3 Å². The molecule has 0 bridgehead atoms. The van der Waals surface area contributed by atoms with E-state index in [2.05, 4.69) is 80.6 Å².